The minimum atomic E-state index is 0.268. The fourth-order valence-electron chi connectivity index (χ4n) is 1.69. The van der Waals surface area contributed by atoms with Gasteiger partial charge in [-0.05, 0) is 25.8 Å². The van der Waals surface area contributed by atoms with Crippen molar-refractivity contribution in [1.29, 1.82) is 0 Å². The van der Waals surface area contributed by atoms with Crippen LogP contribution in [0.5, 0.6) is 0 Å². The summed E-state index contributed by atoms with van der Waals surface area (Å²) in [5, 5.41) is 17.5. The van der Waals surface area contributed by atoms with Crippen LogP contribution in [0.2, 0.25) is 0 Å². The van der Waals surface area contributed by atoms with Gasteiger partial charge in [0.25, 0.3) is 0 Å². The molecule has 0 rings (SSSR count). The molecule has 0 aliphatic carbocycles. The second-order valence-electron chi connectivity index (χ2n) is 4.06. The first-order valence-corrected chi connectivity index (χ1v) is 6.29. The van der Waals surface area contributed by atoms with Crippen LogP contribution < -0.4 is 0 Å². The molecule has 0 aromatic carbocycles. The molecule has 0 saturated heterocycles. The zero-order valence-corrected chi connectivity index (χ0v) is 10.1. The molecule has 2 N–H and O–H groups in total. The number of rotatable bonds is 11. The minimum Gasteiger partial charge on any atom is -0.396 e. The molecule has 0 bridgehead atoms. The lowest BCUT2D eigenvalue weighted by Gasteiger charge is -2.21. The molecule has 0 aromatic heterocycles. The molecule has 0 aromatic rings. The van der Waals surface area contributed by atoms with Gasteiger partial charge in [0.2, 0.25) is 0 Å². The van der Waals surface area contributed by atoms with Gasteiger partial charge in [-0.3, -0.25) is 0 Å². The van der Waals surface area contributed by atoms with Crippen molar-refractivity contribution < 1.29 is 10.2 Å². The van der Waals surface area contributed by atoms with Crippen molar-refractivity contribution in [3.63, 3.8) is 0 Å². The maximum Gasteiger partial charge on any atom is 0.0443 e. The predicted octanol–water partition coefficient (Wildman–Crippen LogP) is 1.63. The molecule has 0 spiro atoms. The van der Waals surface area contributed by atoms with E-state index in [0.717, 1.165) is 32.5 Å². The third-order valence-electron chi connectivity index (χ3n) is 2.59. The van der Waals surface area contributed by atoms with Crippen molar-refractivity contribution in [2.45, 2.75) is 45.4 Å². The smallest absolute Gasteiger partial charge is 0.0443 e. The largest absolute Gasteiger partial charge is 0.396 e. The van der Waals surface area contributed by atoms with Crippen molar-refractivity contribution in [2.24, 2.45) is 0 Å². The Bertz CT molecular complexity index is 112. The minimum absolute atomic E-state index is 0.268. The first-order valence-electron chi connectivity index (χ1n) is 6.29. The zero-order valence-electron chi connectivity index (χ0n) is 10.1. The summed E-state index contributed by atoms with van der Waals surface area (Å²) in [6, 6.07) is 0. The normalized spacial score (nSPS) is 11.2. The standard InChI is InChI=1S/C12H27NO2/c1-2-3-4-5-8-13(9-6-11-14)10-7-12-15/h14-15H,2-12H2,1H3. The quantitative estimate of drug-likeness (QED) is 0.517. The van der Waals surface area contributed by atoms with E-state index in [9.17, 15) is 0 Å². The van der Waals surface area contributed by atoms with Crippen molar-refractivity contribution in [3.8, 4) is 0 Å². The van der Waals surface area contributed by atoms with Gasteiger partial charge in [-0.2, -0.15) is 0 Å². The van der Waals surface area contributed by atoms with E-state index in [-0.39, 0.29) is 13.2 Å². The number of nitrogens with zero attached hydrogens (tertiary/aromatic N) is 1. The molecule has 15 heavy (non-hydrogen) atoms. The summed E-state index contributed by atoms with van der Waals surface area (Å²) >= 11 is 0. The van der Waals surface area contributed by atoms with Crippen LogP contribution >= 0.6 is 0 Å². The SMILES string of the molecule is CCCCCCN(CCCO)CCCO. The predicted molar refractivity (Wildman–Crippen MR) is 64.0 cm³/mol. The fraction of sp³-hybridized carbons (Fsp3) is 1.00. The van der Waals surface area contributed by atoms with Gasteiger partial charge in [0, 0.05) is 26.3 Å². The number of aliphatic hydroxyl groups is 2. The first-order chi connectivity index (χ1) is 7.35. The lowest BCUT2D eigenvalue weighted by molar-refractivity contribution is 0.199. The van der Waals surface area contributed by atoms with Crippen LogP contribution in [0.1, 0.15) is 45.4 Å². The topological polar surface area (TPSA) is 43.7 Å². The maximum atomic E-state index is 8.77. The van der Waals surface area contributed by atoms with E-state index in [4.69, 9.17) is 10.2 Å². The van der Waals surface area contributed by atoms with Crippen LogP contribution in [0.3, 0.4) is 0 Å². The summed E-state index contributed by atoms with van der Waals surface area (Å²) in [5.74, 6) is 0. The Morgan fingerprint density at radius 3 is 1.73 bits per heavy atom. The summed E-state index contributed by atoms with van der Waals surface area (Å²) in [5.41, 5.74) is 0. The molecule has 0 atom stereocenters. The van der Waals surface area contributed by atoms with Gasteiger partial charge in [-0.15, -0.1) is 0 Å². The summed E-state index contributed by atoms with van der Waals surface area (Å²) in [4.78, 5) is 2.35. The van der Waals surface area contributed by atoms with Gasteiger partial charge >= 0.3 is 0 Å². The summed E-state index contributed by atoms with van der Waals surface area (Å²) in [6.45, 7) is 5.79. The van der Waals surface area contributed by atoms with Crippen molar-refractivity contribution in [2.75, 3.05) is 32.8 Å². The van der Waals surface area contributed by atoms with E-state index in [2.05, 4.69) is 11.8 Å². The summed E-state index contributed by atoms with van der Waals surface area (Å²) < 4.78 is 0. The summed E-state index contributed by atoms with van der Waals surface area (Å²) in [7, 11) is 0. The number of aliphatic hydroxyl groups excluding tert-OH is 2. The van der Waals surface area contributed by atoms with Crippen LogP contribution in [0.15, 0.2) is 0 Å². The molecule has 0 aliphatic heterocycles. The van der Waals surface area contributed by atoms with E-state index in [1.165, 1.54) is 25.7 Å². The molecule has 0 fully saturated rings. The van der Waals surface area contributed by atoms with E-state index in [1.807, 2.05) is 0 Å². The van der Waals surface area contributed by atoms with E-state index in [1.54, 1.807) is 0 Å². The number of hydrogen-bond acceptors (Lipinski definition) is 3. The molecule has 0 heterocycles. The monoisotopic (exact) mass is 217 g/mol. The third kappa shape index (κ3) is 10.2. The van der Waals surface area contributed by atoms with Crippen molar-refractivity contribution >= 4 is 0 Å². The van der Waals surface area contributed by atoms with Crippen molar-refractivity contribution in [3.05, 3.63) is 0 Å². The third-order valence-corrected chi connectivity index (χ3v) is 2.59. The molecule has 92 valence electrons. The lowest BCUT2D eigenvalue weighted by Crippen LogP contribution is -2.28. The van der Waals surface area contributed by atoms with Gasteiger partial charge in [0.1, 0.15) is 0 Å². The van der Waals surface area contributed by atoms with Gasteiger partial charge in [-0.25, -0.2) is 0 Å². The van der Waals surface area contributed by atoms with Gasteiger partial charge in [-0.1, -0.05) is 26.2 Å². The number of hydrogen-bond donors (Lipinski definition) is 2. The highest BCUT2D eigenvalue weighted by molar-refractivity contribution is 4.58. The number of unbranched alkanes of at least 4 members (excludes halogenated alkanes) is 3. The van der Waals surface area contributed by atoms with Gasteiger partial charge in [0.05, 0.1) is 0 Å². The molecule has 0 amide bonds. The van der Waals surface area contributed by atoms with Gasteiger partial charge < -0.3 is 15.1 Å². The summed E-state index contributed by atoms with van der Waals surface area (Å²) in [6.07, 6.45) is 6.81. The van der Waals surface area contributed by atoms with Crippen LogP contribution in [-0.2, 0) is 0 Å². The molecular weight excluding hydrogens is 190 g/mol. The Hall–Kier alpha value is -0.120. The van der Waals surface area contributed by atoms with Crippen molar-refractivity contribution in [1.82, 2.24) is 4.90 Å². The van der Waals surface area contributed by atoms with E-state index < -0.39 is 0 Å². The Morgan fingerprint density at radius 1 is 0.733 bits per heavy atom. The van der Waals surface area contributed by atoms with Crippen LogP contribution in [0.25, 0.3) is 0 Å². The molecule has 3 heteroatoms. The highest BCUT2D eigenvalue weighted by Crippen LogP contribution is 2.02. The molecule has 0 aliphatic rings. The maximum absolute atomic E-state index is 8.77. The average Bonchev–Trinajstić information content (AvgIpc) is 2.27. The molecular formula is C12H27NO2. The van der Waals surface area contributed by atoms with E-state index in [0.29, 0.717) is 0 Å². The van der Waals surface area contributed by atoms with Gasteiger partial charge in [0.15, 0.2) is 0 Å². The molecule has 3 nitrogen and oxygen atoms in total. The lowest BCUT2D eigenvalue weighted by atomic mass is 10.2. The van der Waals surface area contributed by atoms with Crippen LogP contribution in [0, 0.1) is 0 Å². The molecule has 0 radical (unpaired) electrons. The van der Waals surface area contributed by atoms with E-state index >= 15 is 0 Å². The zero-order chi connectivity index (χ0) is 11.4. The average molecular weight is 217 g/mol. The Kier molecular flexibility index (Phi) is 11.9. The Labute approximate surface area is 94.1 Å². The second kappa shape index (κ2) is 12.0. The molecule has 0 unspecified atom stereocenters. The van der Waals surface area contributed by atoms with Crippen LogP contribution in [-0.4, -0.2) is 48.0 Å². The second-order valence-corrected chi connectivity index (χ2v) is 4.06. The molecule has 0 saturated carbocycles. The fourth-order valence-corrected chi connectivity index (χ4v) is 1.69. The van der Waals surface area contributed by atoms with Crippen LogP contribution in [0.4, 0.5) is 0 Å². The highest BCUT2D eigenvalue weighted by Gasteiger charge is 2.03. The highest BCUT2D eigenvalue weighted by atomic mass is 16.3. The first kappa shape index (κ1) is 14.9. The Morgan fingerprint density at radius 2 is 1.27 bits per heavy atom. The Balaban J connectivity index is 3.49.